The monoisotopic (exact) mass is 275 g/mol. The second-order valence-corrected chi connectivity index (χ2v) is 5.15. The van der Waals surface area contributed by atoms with E-state index in [2.05, 4.69) is 0 Å². The number of nitrogens with zero attached hydrogens (tertiary/aromatic N) is 2. The van der Waals surface area contributed by atoms with Crippen molar-refractivity contribution >= 4 is 11.9 Å². The van der Waals surface area contributed by atoms with Gasteiger partial charge in [0.15, 0.2) is 0 Å². The maximum Gasteiger partial charge on any atom is 0.326 e. The fourth-order valence-electron chi connectivity index (χ4n) is 2.82. The number of fused-ring (bicyclic) bond motifs is 2. The third-order valence-electron chi connectivity index (χ3n) is 3.87. The molecular weight excluding hydrogens is 258 g/mol. The molecule has 2 atom stereocenters. The molecule has 2 aliphatic heterocycles. The van der Waals surface area contributed by atoms with Gasteiger partial charge >= 0.3 is 5.97 Å². The first kappa shape index (κ1) is 12.9. The first-order chi connectivity index (χ1) is 9.66. The second kappa shape index (κ2) is 5.13. The van der Waals surface area contributed by atoms with Crippen molar-refractivity contribution in [2.24, 2.45) is 0 Å². The van der Waals surface area contributed by atoms with Gasteiger partial charge in [-0.05, 0) is 18.4 Å². The van der Waals surface area contributed by atoms with Crippen molar-refractivity contribution < 1.29 is 14.7 Å². The van der Waals surface area contributed by atoms with Gasteiger partial charge in [0.1, 0.15) is 12.6 Å². The van der Waals surface area contributed by atoms with Gasteiger partial charge in [-0.25, -0.2) is 9.86 Å². The number of carboxylic acids is 1. The van der Waals surface area contributed by atoms with Gasteiger partial charge in [-0.3, -0.25) is 10.2 Å². The minimum Gasteiger partial charge on any atom is -0.480 e. The molecule has 106 valence electrons. The van der Waals surface area contributed by atoms with Crippen LogP contribution < -0.4 is 0 Å². The summed E-state index contributed by atoms with van der Waals surface area (Å²) in [6, 6.07) is 9.24. The zero-order chi connectivity index (χ0) is 14.1. The first-order valence-corrected chi connectivity index (χ1v) is 6.71. The van der Waals surface area contributed by atoms with Gasteiger partial charge in [0.2, 0.25) is 5.96 Å². The van der Waals surface area contributed by atoms with Gasteiger partial charge in [-0.15, -0.1) is 0 Å². The van der Waals surface area contributed by atoms with Crippen LogP contribution in [0.25, 0.3) is 0 Å². The van der Waals surface area contributed by atoms with Crippen molar-refractivity contribution in [3.63, 3.8) is 0 Å². The molecule has 0 aromatic heterocycles. The van der Waals surface area contributed by atoms with Crippen molar-refractivity contribution in [1.82, 2.24) is 9.96 Å². The van der Waals surface area contributed by atoms with E-state index in [0.29, 0.717) is 19.6 Å². The third kappa shape index (κ3) is 2.22. The molecule has 0 radical (unpaired) electrons. The van der Waals surface area contributed by atoms with E-state index in [1.807, 2.05) is 30.3 Å². The highest BCUT2D eigenvalue weighted by Gasteiger charge is 2.45. The summed E-state index contributed by atoms with van der Waals surface area (Å²) >= 11 is 0. The van der Waals surface area contributed by atoms with E-state index in [0.717, 1.165) is 12.0 Å². The van der Waals surface area contributed by atoms with Crippen LogP contribution in [0.5, 0.6) is 0 Å². The smallest absolute Gasteiger partial charge is 0.326 e. The molecular formula is C14H17N3O3. The summed E-state index contributed by atoms with van der Waals surface area (Å²) in [5, 5.41) is 18.8. The average Bonchev–Trinajstić information content (AvgIpc) is 2.70. The van der Waals surface area contributed by atoms with Crippen molar-refractivity contribution in [2.45, 2.75) is 31.5 Å². The van der Waals surface area contributed by atoms with E-state index in [9.17, 15) is 9.90 Å². The standard InChI is InChI=1S/C14H17N3O3/c15-14-16-8-11(6-7-12(16)13(18)19)17(14)20-9-10-4-2-1-3-5-10/h1-5,11-12,15H,6-9H2,(H,18,19). The van der Waals surface area contributed by atoms with E-state index >= 15 is 0 Å². The zero-order valence-electron chi connectivity index (χ0n) is 11.0. The molecule has 1 aromatic rings. The Hall–Kier alpha value is -2.08. The zero-order valence-corrected chi connectivity index (χ0v) is 11.0. The van der Waals surface area contributed by atoms with Crippen LogP contribution in [0.4, 0.5) is 0 Å². The highest BCUT2D eigenvalue weighted by atomic mass is 16.7. The number of guanidine groups is 1. The lowest BCUT2D eigenvalue weighted by atomic mass is 10.0. The number of hydrogen-bond acceptors (Lipinski definition) is 3. The van der Waals surface area contributed by atoms with Crippen molar-refractivity contribution in [2.75, 3.05) is 6.54 Å². The van der Waals surface area contributed by atoms with Crippen LogP contribution in [-0.2, 0) is 16.2 Å². The first-order valence-electron chi connectivity index (χ1n) is 6.71. The number of piperidine rings is 1. The molecule has 6 nitrogen and oxygen atoms in total. The molecule has 20 heavy (non-hydrogen) atoms. The summed E-state index contributed by atoms with van der Waals surface area (Å²) in [5.41, 5.74) is 1.03. The minimum atomic E-state index is -0.863. The Morgan fingerprint density at radius 3 is 2.80 bits per heavy atom. The van der Waals surface area contributed by atoms with Gasteiger partial charge in [0.25, 0.3) is 0 Å². The van der Waals surface area contributed by atoms with Gasteiger partial charge in [0, 0.05) is 6.54 Å². The van der Waals surface area contributed by atoms with Crippen molar-refractivity contribution in [1.29, 1.82) is 5.41 Å². The summed E-state index contributed by atoms with van der Waals surface area (Å²) in [7, 11) is 0. The van der Waals surface area contributed by atoms with Crippen LogP contribution in [-0.4, -0.2) is 45.6 Å². The summed E-state index contributed by atoms with van der Waals surface area (Å²) in [6.45, 7) is 0.954. The molecule has 2 heterocycles. The molecule has 3 rings (SSSR count). The number of nitrogens with one attached hydrogen (secondary N) is 1. The number of rotatable bonds is 4. The van der Waals surface area contributed by atoms with Gasteiger partial charge in [-0.1, -0.05) is 30.3 Å². The number of carbonyl (C=O) groups is 1. The number of hydrogen-bond donors (Lipinski definition) is 2. The maximum atomic E-state index is 11.2. The number of carboxylic acid groups (broad SMARTS) is 1. The second-order valence-electron chi connectivity index (χ2n) is 5.15. The molecule has 2 aliphatic rings. The molecule has 0 amide bonds. The Kier molecular flexibility index (Phi) is 3.31. The maximum absolute atomic E-state index is 11.2. The molecule has 2 fully saturated rings. The minimum absolute atomic E-state index is 0.0850. The SMILES string of the molecule is N=C1N2CC(CCC2C(=O)O)N1OCc1ccccc1. The number of hydroxylamine groups is 2. The normalized spacial score (nSPS) is 25.1. The predicted molar refractivity (Wildman–Crippen MR) is 71.9 cm³/mol. The van der Waals surface area contributed by atoms with Crippen LogP contribution in [0.15, 0.2) is 30.3 Å². The Labute approximate surface area is 117 Å². The van der Waals surface area contributed by atoms with Crippen LogP contribution in [0.3, 0.4) is 0 Å². The van der Waals surface area contributed by atoms with Crippen LogP contribution in [0.2, 0.25) is 0 Å². The average molecular weight is 275 g/mol. The van der Waals surface area contributed by atoms with Crippen LogP contribution in [0, 0.1) is 5.41 Å². The largest absolute Gasteiger partial charge is 0.480 e. The Bertz CT molecular complexity index is 520. The summed E-state index contributed by atoms with van der Waals surface area (Å²) in [4.78, 5) is 18.5. The third-order valence-corrected chi connectivity index (χ3v) is 3.87. The highest BCUT2D eigenvalue weighted by molar-refractivity contribution is 5.85. The van der Waals surface area contributed by atoms with Gasteiger partial charge in [-0.2, -0.15) is 0 Å². The fourth-order valence-corrected chi connectivity index (χ4v) is 2.82. The molecule has 2 N–H and O–H groups in total. The van der Waals surface area contributed by atoms with E-state index in [-0.39, 0.29) is 12.0 Å². The lowest BCUT2D eigenvalue weighted by Gasteiger charge is -2.27. The molecule has 6 heteroatoms. The quantitative estimate of drug-likeness (QED) is 0.865. The molecule has 2 saturated heterocycles. The topological polar surface area (TPSA) is 76.9 Å². The van der Waals surface area contributed by atoms with Crippen LogP contribution >= 0.6 is 0 Å². The lowest BCUT2D eigenvalue weighted by molar-refractivity contribution is -0.143. The van der Waals surface area contributed by atoms with Crippen molar-refractivity contribution in [3.8, 4) is 0 Å². The lowest BCUT2D eigenvalue weighted by Crippen LogP contribution is -2.45. The number of benzene rings is 1. The highest BCUT2D eigenvalue weighted by Crippen LogP contribution is 2.29. The molecule has 2 bridgehead atoms. The Balaban J connectivity index is 1.67. The summed E-state index contributed by atoms with van der Waals surface area (Å²) in [5.74, 6) is -0.700. The summed E-state index contributed by atoms with van der Waals surface area (Å²) < 4.78 is 0. The van der Waals surface area contributed by atoms with E-state index in [4.69, 9.17) is 10.2 Å². The molecule has 1 aromatic carbocycles. The van der Waals surface area contributed by atoms with Gasteiger partial charge in [0.05, 0.1) is 6.04 Å². The van der Waals surface area contributed by atoms with E-state index in [1.165, 1.54) is 0 Å². The molecule has 0 aliphatic carbocycles. The van der Waals surface area contributed by atoms with Crippen molar-refractivity contribution in [3.05, 3.63) is 35.9 Å². The number of aliphatic carboxylic acids is 1. The Morgan fingerprint density at radius 2 is 2.10 bits per heavy atom. The van der Waals surface area contributed by atoms with Gasteiger partial charge < -0.3 is 10.0 Å². The van der Waals surface area contributed by atoms with Crippen LogP contribution in [0.1, 0.15) is 18.4 Å². The molecule has 0 spiro atoms. The summed E-state index contributed by atoms with van der Waals surface area (Å²) in [6.07, 6.45) is 1.30. The molecule has 0 saturated carbocycles. The predicted octanol–water partition coefficient (Wildman–Crippen LogP) is 1.29. The van der Waals surface area contributed by atoms with E-state index in [1.54, 1.807) is 9.96 Å². The van der Waals surface area contributed by atoms with E-state index < -0.39 is 12.0 Å². The fraction of sp³-hybridized carbons (Fsp3) is 0.429. The molecule has 2 unspecified atom stereocenters. The Morgan fingerprint density at radius 1 is 1.35 bits per heavy atom.